The highest BCUT2D eigenvalue weighted by molar-refractivity contribution is 6.35. The van der Waals surface area contributed by atoms with Crippen molar-refractivity contribution >= 4 is 23.2 Å². The molecule has 1 aromatic carbocycles. The van der Waals surface area contributed by atoms with Gasteiger partial charge in [-0.1, -0.05) is 23.2 Å². The molecule has 0 aliphatic rings. The summed E-state index contributed by atoms with van der Waals surface area (Å²) in [5.74, 6) is 1.10. The van der Waals surface area contributed by atoms with Crippen LogP contribution in [0.5, 0.6) is 11.5 Å². The van der Waals surface area contributed by atoms with Crippen LogP contribution in [0.1, 0.15) is 11.4 Å². The topological polar surface area (TPSA) is 51.6 Å². The summed E-state index contributed by atoms with van der Waals surface area (Å²) >= 11 is 11.8. The molecule has 2 aromatic rings. The molecular weight excluding hydrogens is 313 g/mol. The third-order valence-corrected chi connectivity index (χ3v) is 3.24. The van der Waals surface area contributed by atoms with E-state index < -0.39 is 0 Å². The molecular formula is C15H15Cl2NO3. The zero-order valence-corrected chi connectivity index (χ0v) is 13.0. The summed E-state index contributed by atoms with van der Waals surface area (Å²) < 4.78 is 11.1. The molecule has 0 amide bonds. The van der Waals surface area contributed by atoms with E-state index >= 15 is 0 Å². The molecule has 0 spiro atoms. The first-order chi connectivity index (χ1) is 10.1. The Bertz CT molecular complexity index is 620. The Balaban J connectivity index is 1.87. The summed E-state index contributed by atoms with van der Waals surface area (Å²) in [5.41, 5.74) is 1.34. The van der Waals surface area contributed by atoms with Crippen molar-refractivity contribution in [2.45, 2.75) is 13.5 Å². The number of nitrogens with zero attached hydrogens (tertiary/aromatic N) is 1. The largest absolute Gasteiger partial charge is 0.488 e. The summed E-state index contributed by atoms with van der Waals surface area (Å²) in [6.07, 6.45) is 0. The fraction of sp³-hybridized carbons (Fsp3) is 0.267. The predicted molar refractivity (Wildman–Crippen MR) is 82.3 cm³/mol. The summed E-state index contributed by atoms with van der Waals surface area (Å²) in [6, 6.07) is 8.64. The number of hydrogen-bond donors (Lipinski definition) is 1. The van der Waals surface area contributed by atoms with Gasteiger partial charge in [-0.2, -0.15) is 0 Å². The second-order valence-corrected chi connectivity index (χ2v) is 5.17. The van der Waals surface area contributed by atoms with Crippen LogP contribution in [-0.4, -0.2) is 23.3 Å². The molecule has 0 atom stereocenters. The molecule has 0 aliphatic carbocycles. The number of aliphatic hydroxyl groups excluding tert-OH is 1. The highest BCUT2D eigenvalue weighted by Gasteiger charge is 2.06. The number of halogens is 2. The van der Waals surface area contributed by atoms with E-state index in [2.05, 4.69) is 4.98 Å². The van der Waals surface area contributed by atoms with E-state index in [1.807, 2.05) is 13.0 Å². The summed E-state index contributed by atoms with van der Waals surface area (Å²) in [4.78, 5) is 4.20. The minimum absolute atomic E-state index is 0.166. The van der Waals surface area contributed by atoms with Gasteiger partial charge in [0.1, 0.15) is 30.4 Å². The van der Waals surface area contributed by atoms with E-state index in [1.165, 1.54) is 0 Å². The number of benzene rings is 1. The molecule has 0 unspecified atom stereocenters. The van der Waals surface area contributed by atoms with Crippen molar-refractivity contribution in [3.8, 4) is 11.5 Å². The molecule has 112 valence electrons. The molecule has 4 nitrogen and oxygen atoms in total. The Morgan fingerprint density at radius 3 is 2.38 bits per heavy atom. The van der Waals surface area contributed by atoms with Crippen molar-refractivity contribution < 1.29 is 14.6 Å². The molecule has 0 aliphatic heterocycles. The number of ether oxygens (including phenoxy) is 2. The lowest BCUT2D eigenvalue weighted by Crippen LogP contribution is -2.11. The van der Waals surface area contributed by atoms with Gasteiger partial charge in [-0.15, -0.1) is 0 Å². The number of aromatic nitrogens is 1. The molecule has 1 aromatic heterocycles. The van der Waals surface area contributed by atoms with E-state index in [0.717, 1.165) is 5.69 Å². The summed E-state index contributed by atoms with van der Waals surface area (Å²) in [5, 5.41) is 10.2. The minimum atomic E-state index is -0.166. The lowest BCUT2D eigenvalue weighted by Gasteiger charge is -2.11. The average Bonchev–Trinajstić information content (AvgIpc) is 2.46. The van der Waals surface area contributed by atoms with Crippen LogP contribution < -0.4 is 9.47 Å². The quantitative estimate of drug-likeness (QED) is 0.823. The Morgan fingerprint density at radius 2 is 1.71 bits per heavy atom. The van der Waals surface area contributed by atoms with Gasteiger partial charge in [0.2, 0.25) is 0 Å². The van der Waals surface area contributed by atoms with E-state index in [9.17, 15) is 5.11 Å². The van der Waals surface area contributed by atoms with Crippen LogP contribution in [0.25, 0.3) is 0 Å². The highest BCUT2D eigenvalue weighted by Crippen LogP contribution is 2.27. The molecule has 21 heavy (non-hydrogen) atoms. The van der Waals surface area contributed by atoms with Crippen molar-refractivity contribution in [3.05, 3.63) is 51.8 Å². The molecule has 1 heterocycles. The van der Waals surface area contributed by atoms with E-state index in [-0.39, 0.29) is 6.61 Å². The lowest BCUT2D eigenvalue weighted by molar-refractivity contribution is 0.208. The van der Waals surface area contributed by atoms with Crippen molar-refractivity contribution in [2.75, 3.05) is 13.2 Å². The van der Waals surface area contributed by atoms with E-state index in [0.29, 0.717) is 40.5 Å². The van der Waals surface area contributed by atoms with Gasteiger partial charge in [0.25, 0.3) is 0 Å². The Morgan fingerprint density at radius 1 is 1.05 bits per heavy atom. The Kier molecular flexibility index (Phi) is 5.67. The fourth-order valence-electron chi connectivity index (χ4n) is 1.74. The van der Waals surface area contributed by atoms with Crippen molar-refractivity contribution in [3.63, 3.8) is 0 Å². The van der Waals surface area contributed by atoms with Crippen LogP contribution in [0.3, 0.4) is 0 Å². The first-order valence-electron chi connectivity index (χ1n) is 6.38. The van der Waals surface area contributed by atoms with Gasteiger partial charge in [0, 0.05) is 10.7 Å². The molecule has 0 saturated heterocycles. The molecule has 0 fully saturated rings. The molecule has 1 N–H and O–H groups in total. The van der Waals surface area contributed by atoms with Gasteiger partial charge in [-0.3, -0.25) is 4.98 Å². The molecule has 0 radical (unpaired) electrons. The van der Waals surface area contributed by atoms with Gasteiger partial charge in [0.05, 0.1) is 11.6 Å². The predicted octanol–water partition coefficient (Wildman–Crippen LogP) is 3.65. The number of hydrogen-bond acceptors (Lipinski definition) is 4. The van der Waals surface area contributed by atoms with Crippen molar-refractivity contribution in [2.24, 2.45) is 0 Å². The average molecular weight is 328 g/mol. The monoisotopic (exact) mass is 327 g/mol. The second kappa shape index (κ2) is 7.50. The smallest absolute Gasteiger partial charge is 0.143 e. The van der Waals surface area contributed by atoms with Crippen LogP contribution in [0.4, 0.5) is 0 Å². The normalized spacial score (nSPS) is 10.5. The van der Waals surface area contributed by atoms with Gasteiger partial charge in [0.15, 0.2) is 0 Å². The van der Waals surface area contributed by atoms with Crippen LogP contribution >= 0.6 is 23.2 Å². The Hall–Kier alpha value is -1.49. The van der Waals surface area contributed by atoms with E-state index in [4.69, 9.17) is 32.7 Å². The number of aryl methyl sites for hydroxylation is 1. The molecule has 0 bridgehead atoms. The van der Waals surface area contributed by atoms with Crippen LogP contribution in [0, 0.1) is 6.92 Å². The second-order valence-electron chi connectivity index (χ2n) is 4.33. The van der Waals surface area contributed by atoms with Gasteiger partial charge in [-0.05, 0) is 37.3 Å². The third kappa shape index (κ3) is 4.49. The first-order valence-corrected chi connectivity index (χ1v) is 7.14. The minimum Gasteiger partial charge on any atom is -0.488 e. The fourth-order valence-corrected chi connectivity index (χ4v) is 2.20. The third-order valence-electron chi connectivity index (χ3n) is 2.71. The van der Waals surface area contributed by atoms with Crippen LogP contribution in [-0.2, 0) is 6.61 Å². The maximum absolute atomic E-state index is 9.24. The lowest BCUT2D eigenvalue weighted by atomic mass is 10.3. The maximum atomic E-state index is 9.24. The zero-order valence-electron chi connectivity index (χ0n) is 11.5. The number of pyridine rings is 1. The maximum Gasteiger partial charge on any atom is 0.143 e. The van der Waals surface area contributed by atoms with Gasteiger partial charge >= 0.3 is 0 Å². The standard InChI is InChI=1S/C15H15Cl2NO3/c1-10-2-4-15(13(9-19)18-10)21-7-6-20-14-5-3-11(16)8-12(14)17/h2-5,8,19H,6-7,9H2,1H3. The molecule has 6 heteroatoms. The SMILES string of the molecule is Cc1ccc(OCCOc2ccc(Cl)cc2Cl)c(CO)n1. The molecule has 0 saturated carbocycles. The summed E-state index contributed by atoms with van der Waals surface area (Å²) in [6.45, 7) is 2.33. The van der Waals surface area contributed by atoms with E-state index in [1.54, 1.807) is 24.3 Å². The van der Waals surface area contributed by atoms with Crippen LogP contribution in [0.2, 0.25) is 10.0 Å². The zero-order chi connectivity index (χ0) is 15.2. The number of rotatable bonds is 6. The summed E-state index contributed by atoms with van der Waals surface area (Å²) in [7, 11) is 0. The van der Waals surface area contributed by atoms with Gasteiger partial charge in [-0.25, -0.2) is 0 Å². The molecule has 2 rings (SSSR count). The van der Waals surface area contributed by atoms with Crippen molar-refractivity contribution in [1.82, 2.24) is 4.98 Å². The van der Waals surface area contributed by atoms with Crippen molar-refractivity contribution in [1.29, 1.82) is 0 Å². The van der Waals surface area contributed by atoms with Gasteiger partial charge < -0.3 is 14.6 Å². The number of aliphatic hydroxyl groups is 1. The van der Waals surface area contributed by atoms with Crippen LogP contribution in [0.15, 0.2) is 30.3 Å². The highest BCUT2D eigenvalue weighted by atomic mass is 35.5. The first kappa shape index (κ1) is 15.9. The Labute approximate surface area is 133 Å².